The Kier molecular flexibility index (Phi) is 6.89. The first-order chi connectivity index (χ1) is 9.92. The molecule has 2 atom stereocenters. The van der Waals surface area contributed by atoms with Crippen LogP contribution in [0.25, 0.3) is 0 Å². The number of carbonyl (C=O) groups is 1. The van der Waals surface area contributed by atoms with Gasteiger partial charge in [-0.15, -0.1) is 12.4 Å². The number of nitrogens with one attached hydrogen (secondary N) is 1. The number of nitrogens with two attached hydrogens (primary N) is 1. The number of hydrogen-bond donors (Lipinski definition) is 2. The molecule has 1 aromatic rings. The van der Waals surface area contributed by atoms with Gasteiger partial charge in [0.25, 0.3) is 0 Å². The van der Waals surface area contributed by atoms with Crippen LogP contribution in [0.2, 0.25) is 0 Å². The van der Waals surface area contributed by atoms with Gasteiger partial charge in [-0.05, 0) is 36.8 Å². The normalized spacial score (nSPS) is 21.3. The zero-order valence-corrected chi connectivity index (χ0v) is 14.7. The minimum Gasteiger partial charge on any atom is -0.355 e. The van der Waals surface area contributed by atoms with E-state index < -0.39 is 0 Å². The number of halogens is 1. The number of rotatable bonds is 5. The Morgan fingerprint density at radius 3 is 2.41 bits per heavy atom. The molecule has 1 aliphatic rings. The van der Waals surface area contributed by atoms with Crippen molar-refractivity contribution in [3.05, 3.63) is 35.4 Å². The molecule has 0 aromatic heterocycles. The maximum Gasteiger partial charge on any atom is 0.223 e. The average molecular weight is 325 g/mol. The lowest BCUT2D eigenvalue weighted by Crippen LogP contribution is -2.39. The number of hydrogen-bond acceptors (Lipinski definition) is 2. The van der Waals surface area contributed by atoms with Gasteiger partial charge in [0.1, 0.15) is 0 Å². The molecule has 0 saturated heterocycles. The molecule has 0 radical (unpaired) electrons. The summed E-state index contributed by atoms with van der Waals surface area (Å²) in [6.45, 7) is 7.18. The quantitative estimate of drug-likeness (QED) is 0.874. The van der Waals surface area contributed by atoms with E-state index >= 15 is 0 Å². The van der Waals surface area contributed by atoms with Gasteiger partial charge < -0.3 is 11.1 Å². The van der Waals surface area contributed by atoms with Crippen LogP contribution in [0.4, 0.5) is 0 Å². The monoisotopic (exact) mass is 324 g/mol. The summed E-state index contributed by atoms with van der Waals surface area (Å²) in [4.78, 5) is 12.2. The van der Waals surface area contributed by atoms with Crippen molar-refractivity contribution in [2.45, 2.75) is 57.9 Å². The molecule has 2 rings (SSSR count). The molecule has 1 aromatic carbocycles. The lowest BCUT2D eigenvalue weighted by atomic mass is 9.84. The smallest absolute Gasteiger partial charge is 0.223 e. The topological polar surface area (TPSA) is 55.1 Å². The second kappa shape index (κ2) is 7.98. The van der Waals surface area contributed by atoms with Gasteiger partial charge in [-0.2, -0.15) is 0 Å². The first-order valence-corrected chi connectivity index (χ1v) is 8.05. The predicted molar refractivity (Wildman–Crippen MR) is 94.4 cm³/mol. The van der Waals surface area contributed by atoms with Gasteiger partial charge in [0.05, 0.1) is 0 Å². The van der Waals surface area contributed by atoms with E-state index in [0.717, 1.165) is 25.7 Å². The van der Waals surface area contributed by atoms with Crippen LogP contribution in [-0.4, -0.2) is 18.5 Å². The molecule has 0 heterocycles. The maximum absolute atomic E-state index is 12.2. The fourth-order valence-electron chi connectivity index (χ4n) is 3.00. The summed E-state index contributed by atoms with van der Waals surface area (Å²) < 4.78 is 0. The fourth-order valence-corrected chi connectivity index (χ4v) is 3.00. The highest BCUT2D eigenvalue weighted by Crippen LogP contribution is 2.26. The predicted octanol–water partition coefficient (Wildman–Crippen LogP) is 3.19. The van der Waals surface area contributed by atoms with Crippen LogP contribution in [-0.2, 0) is 16.6 Å². The van der Waals surface area contributed by atoms with Crippen LogP contribution in [0, 0.1) is 5.92 Å². The van der Waals surface area contributed by atoms with E-state index in [9.17, 15) is 4.79 Å². The first kappa shape index (κ1) is 19.0. The van der Waals surface area contributed by atoms with E-state index in [2.05, 4.69) is 50.4 Å². The summed E-state index contributed by atoms with van der Waals surface area (Å²) in [5, 5.41) is 3.12. The van der Waals surface area contributed by atoms with Gasteiger partial charge in [0, 0.05) is 23.9 Å². The lowest BCUT2D eigenvalue weighted by molar-refractivity contribution is -0.125. The number of carbonyl (C=O) groups excluding carboxylic acids is 1. The molecule has 4 heteroatoms. The molecular weight excluding hydrogens is 296 g/mol. The van der Waals surface area contributed by atoms with Crippen molar-refractivity contribution < 1.29 is 4.79 Å². The summed E-state index contributed by atoms with van der Waals surface area (Å²) in [7, 11) is 0. The van der Waals surface area contributed by atoms with E-state index in [0.29, 0.717) is 6.54 Å². The van der Waals surface area contributed by atoms with Crippen molar-refractivity contribution >= 4 is 18.3 Å². The molecule has 0 aliphatic heterocycles. The molecule has 1 fully saturated rings. The van der Waals surface area contributed by atoms with Crippen molar-refractivity contribution in [3.63, 3.8) is 0 Å². The van der Waals surface area contributed by atoms with Gasteiger partial charge in [0.2, 0.25) is 5.91 Å². The summed E-state index contributed by atoms with van der Waals surface area (Å²) in [6.07, 6.45) is 3.79. The molecule has 0 bridgehead atoms. The zero-order chi connectivity index (χ0) is 15.5. The Bertz CT molecular complexity index is 484. The third kappa shape index (κ3) is 4.72. The summed E-state index contributed by atoms with van der Waals surface area (Å²) in [5.74, 6) is 0.277. The van der Waals surface area contributed by atoms with Crippen LogP contribution in [0.5, 0.6) is 0 Å². The minimum absolute atomic E-state index is 0. The molecule has 2 unspecified atom stereocenters. The highest BCUT2D eigenvalue weighted by atomic mass is 35.5. The van der Waals surface area contributed by atoms with E-state index in [-0.39, 0.29) is 35.7 Å². The van der Waals surface area contributed by atoms with Crippen LogP contribution in [0.1, 0.15) is 51.2 Å². The second-order valence-corrected chi connectivity index (χ2v) is 6.92. The third-order valence-corrected chi connectivity index (χ3v) is 4.69. The van der Waals surface area contributed by atoms with E-state index in [1.165, 1.54) is 11.1 Å². The first-order valence-electron chi connectivity index (χ1n) is 8.05. The van der Waals surface area contributed by atoms with Crippen molar-refractivity contribution in [1.29, 1.82) is 0 Å². The van der Waals surface area contributed by atoms with Gasteiger partial charge in [-0.25, -0.2) is 0 Å². The average Bonchev–Trinajstić information content (AvgIpc) is 2.91. The fraction of sp³-hybridized carbons (Fsp3) is 0.611. The van der Waals surface area contributed by atoms with Gasteiger partial charge in [-0.3, -0.25) is 4.79 Å². The van der Waals surface area contributed by atoms with Crippen LogP contribution >= 0.6 is 12.4 Å². The summed E-state index contributed by atoms with van der Waals surface area (Å²) >= 11 is 0. The molecule has 22 heavy (non-hydrogen) atoms. The van der Waals surface area contributed by atoms with E-state index in [4.69, 9.17) is 5.73 Å². The SMILES string of the molecule is CCc1ccc(C(C)(C)CNC(=O)C2CCC(N)C2)cc1.Cl. The Balaban J connectivity index is 0.00000242. The van der Waals surface area contributed by atoms with Crippen molar-refractivity contribution in [1.82, 2.24) is 5.32 Å². The third-order valence-electron chi connectivity index (χ3n) is 4.69. The van der Waals surface area contributed by atoms with Crippen LogP contribution in [0.3, 0.4) is 0 Å². The number of amides is 1. The number of aryl methyl sites for hydroxylation is 1. The molecule has 124 valence electrons. The molecule has 1 saturated carbocycles. The van der Waals surface area contributed by atoms with Gasteiger partial charge in [-0.1, -0.05) is 45.0 Å². The molecule has 1 aliphatic carbocycles. The van der Waals surface area contributed by atoms with Crippen molar-refractivity contribution in [3.8, 4) is 0 Å². The second-order valence-electron chi connectivity index (χ2n) is 6.92. The largest absolute Gasteiger partial charge is 0.355 e. The van der Waals surface area contributed by atoms with Crippen molar-refractivity contribution in [2.24, 2.45) is 11.7 Å². The Hall–Kier alpha value is -1.06. The van der Waals surface area contributed by atoms with Crippen LogP contribution < -0.4 is 11.1 Å². The van der Waals surface area contributed by atoms with Crippen molar-refractivity contribution in [2.75, 3.05) is 6.54 Å². The molecule has 0 spiro atoms. The van der Waals surface area contributed by atoms with E-state index in [1.807, 2.05) is 0 Å². The number of benzene rings is 1. The Morgan fingerprint density at radius 1 is 1.27 bits per heavy atom. The van der Waals surface area contributed by atoms with Gasteiger partial charge >= 0.3 is 0 Å². The Labute approximate surface area is 140 Å². The molecular formula is C18H29ClN2O. The highest BCUT2D eigenvalue weighted by Gasteiger charge is 2.29. The standard InChI is InChI=1S/C18H28N2O.ClH/c1-4-13-5-8-15(9-6-13)18(2,3)12-20-17(21)14-7-10-16(19)11-14;/h5-6,8-9,14,16H,4,7,10-12,19H2,1-3H3,(H,20,21);1H. The van der Waals surface area contributed by atoms with Gasteiger partial charge in [0.15, 0.2) is 0 Å². The van der Waals surface area contributed by atoms with E-state index in [1.54, 1.807) is 0 Å². The summed E-state index contributed by atoms with van der Waals surface area (Å²) in [6, 6.07) is 8.91. The molecule has 3 N–H and O–H groups in total. The minimum atomic E-state index is -0.0529. The lowest BCUT2D eigenvalue weighted by Gasteiger charge is -2.26. The molecule has 3 nitrogen and oxygen atoms in total. The molecule has 1 amide bonds. The Morgan fingerprint density at radius 2 is 1.91 bits per heavy atom. The highest BCUT2D eigenvalue weighted by molar-refractivity contribution is 5.85. The van der Waals surface area contributed by atoms with Crippen LogP contribution in [0.15, 0.2) is 24.3 Å². The summed E-state index contributed by atoms with van der Waals surface area (Å²) in [5.41, 5.74) is 8.44. The maximum atomic E-state index is 12.2. The zero-order valence-electron chi connectivity index (χ0n) is 13.9.